The van der Waals surface area contributed by atoms with Crippen LogP contribution in [0.1, 0.15) is 92.2 Å². The van der Waals surface area contributed by atoms with Crippen LogP contribution in [0.3, 0.4) is 0 Å². The quantitative estimate of drug-likeness (QED) is 0.199. The number of hydrogen-bond acceptors (Lipinski definition) is 6. The summed E-state index contributed by atoms with van der Waals surface area (Å²) in [4.78, 5) is 22.4. The van der Waals surface area contributed by atoms with E-state index in [1.807, 2.05) is 24.6 Å². The first-order valence-electron chi connectivity index (χ1n) is 16.8. The molecule has 3 aromatic rings. The van der Waals surface area contributed by atoms with E-state index >= 15 is 0 Å². The molecule has 6 nitrogen and oxygen atoms in total. The lowest BCUT2D eigenvalue weighted by Gasteiger charge is -2.36. The Kier molecular flexibility index (Phi) is 12.0. The Labute approximate surface area is 279 Å². The van der Waals surface area contributed by atoms with Crippen LogP contribution in [0.4, 0.5) is 5.69 Å². The van der Waals surface area contributed by atoms with Gasteiger partial charge >= 0.3 is 0 Å². The zero-order valence-electron chi connectivity index (χ0n) is 27.1. The van der Waals surface area contributed by atoms with Crippen molar-refractivity contribution in [3.63, 3.8) is 0 Å². The molecule has 1 aromatic heterocycles. The Morgan fingerprint density at radius 3 is 2.42 bits per heavy atom. The molecule has 8 heteroatoms. The first-order chi connectivity index (χ1) is 21.5. The van der Waals surface area contributed by atoms with Gasteiger partial charge < -0.3 is 19.7 Å². The van der Waals surface area contributed by atoms with E-state index in [1.165, 1.54) is 52.3 Å². The first-order valence-corrected chi connectivity index (χ1v) is 17.6. The van der Waals surface area contributed by atoms with E-state index in [0.29, 0.717) is 23.7 Å². The van der Waals surface area contributed by atoms with Gasteiger partial charge in [0.15, 0.2) is 0 Å². The fraction of sp³-hybridized carbons (Fsp3) is 0.568. The lowest BCUT2D eigenvalue weighted by molar-refractivity contribution is -0.124. The lowest BCUT2D eigenvalue weighted by Crippen LogP contribution is -2.42. The van der Waals surface area contributed by atoms with Crippen molar-refractivity contribution in [2.75, 3.05) is 38.8 Å². The maximum Gasteiger partial charge on any atom is 0.230 e. The largest absolute Gasteiger partial charge is 0.496 e. The number of amides is 1. The average Bonchev–Trinajstić information content (AvgIpc) is 3.80. The van der Waals surface area contributed by atoms with E-state index < -0.39 is 0 Å². The van der Waals surface area contributed by atoms with Crippen molar-refractivity contribution in [1.82, 2.24) is 10.3 Å². The highest BCUT2D eigenvalue weighted by atomic mass is 35.5. The van der Waals surface area contributed by atoms with Crippen molar-refractivity contribution in [3.05, 3.63) is 64.8 Å². The fourth-order valence-corrected chi connectivity index (χ4v) is 8.29. The summed E-state index contributed by atoms with van der Waals surface area (Å²) in [7, 11) is 3.69. The number of benzene rings is 2. The van der Waals surface area contributed by atoms with Gasteiger partial charge in [-0.3, -0.25) is 4.79 Å². The van der Waals surface area contributed by atoms with E-state index in [-0.39, 0.29) is 24.4 Å². The highest BCUT2D eigenvalue weighted by Crippen LogP contribution is 2.44. The molecule has 2 aromatic carbocycles. The number of nitrogens with zero attached hydrogens (tertiary/aromatic N) is 2. The number of halogens is 1. The zero-order valence-corrected chi connectivity index (χ0v) is 28.8. The van der Waals surface area contributed by atoms with Crippen molar-refractivity contribution in [2.45, 2.75) is 89.1 Å². The van der Waals surface area contributed by atoms with Crippen molar-refractivity contribution in [3.8, 4) is 16.2 Å². The number of nitrogens with one attached hydrogen (secondary N) is 1. The molecule has 1 N–H and O–H groups in total. The second kappa shape index (κ2) is 15.9. The van der Waals surface area contributed by atoms with E-state index in [2.05, 4.69) is 59.6 Å². The summed E-state index contributed by atoms with van der Waals surface area (Å²) in [6, 6.07) is 15.3. The van der Waals surface area contributed by atoms with Crippen molar-refractivity contribution < 1.29 is 14.3 Å². The third kappa shape index (κ3) is 8.48. The molecule has 6 rings (SSSR count). The molecule has 0 bridgehead atoms. The monoisotopic (exact) mass is 651 g/mol. The number of aromatic nitrogens is 1. The molecule has 0 saturated heterocycles. The second-order valence-electron chi connectivity index (χ2n) is 13.2. The number of hydrogen-bond donors (Lipinski definition) is 1. The van der Waals surface area contributed by atoms with Gasteiger partial charge in [0.25, 0.3) is 0 Å². The Balaban J connectivity index is 0.00000400. The van der Waals surface area contributed by atoms with Crippen LogP contribution in [0.2, 0.25) is 0 Å². The SMILES string of the molecule is CNCCOC1CCC(C(=O)N(CC2CCC(c3ccc(OC)c(C)c3)CC2)c2cccc(-c3cnc(C4CC4)s3)c2)CC1.Cl. The molecule has 3 aliphatic rings. The number of carbonyl (C=O) groups excluding carboxylic acids is 1. The molecule has 0 aliphatic heterocycles. The van der Waals surface area contributed by atoms with Crippen LogP contribution in [-0.4, -0.2) is 50.8 Å². The normalized spacial score (nSPS) is 23.3. The van der Waals surface area contributed by atoms with E-state index in [1.54, 1.807) is 7.11 Å². The molecule has 3 fully saturated rings. The Morgan fingerprint density at radius 1 is 0.978 bits per heavy atom. The van der Waals surface area contributed by atoms with Crippen LogP contribution in [0.25, 0.3) is 10.4 Å². The first kappa shape index (κ1) is 33.9. The number of ether oxygens (including phenoxy) is 2. The minimum absolute atomic E-state index is 0. The summed E-state index contributed by atoms with van der Waals surface area (Å²) in [5.74, 6) is 3.06. The molecule has 0 spiro atoms. The van der Waals surface area contributed by atoms with Gasteiger partial charge in [-0.2, -0.15) is 0 Å². The van der Waals surface area contributed by atoms with Crippen LogP contribution in [-0.2, 0) is 9.53 Å². The minimum atomic E-state index is 0. The van der Waals surface area contributed by atoms with E-state index in [9.17, 15) is 4.79 Å². The predicted molar refractivity (Wildman–Crippen MR) is 187 cm³/mol. The molecular weight excluding hydrogens is 602 g/mol. The van der Waals surface area contributed by atoms with E-state index in [0.717, 1.165) is 69.7 Å². The maximum atomic E-state index is 14.3. The Bertz CT molecular complexity index is 1390. The van der Waals surface area contributed by atoms with Gasteiger partial charge in [-0.05, 0) is 125 Å². The number of carbonyl (C=O) groups is 1. The van der Waals surface area contributed by atoms with Gasteiger partial charge in [-0.15, -0.1) is 23.7 Å². The third-order valence-corrected chi connectivity index (χ3v) is 11.3. The van der Waals surface area contributed by atoms with Crippen LogP contribution < -0.4 is 15.0 Å². The van der Waals surface area contributed by atoms with Crippen molar-refractivity contribution in [1.29, 1.82) is 0 Å². The Hall–Kier alpha value is -2.45. The summed E-state index contributed by atoms with van der Waals surface area (Å²) in [6.07, 6.45) is 13.2. The van der Waals surface area contributed by atoms with Gasteiger partial charge in [0.05, 0.1) is 29.7 Å². The van der Waals surface area contributed by atoms with Gasteiger partial charge in [0.1, 0.15) is 5.75 Å². The second-order valence-corrected chi connectivity index (χ2v) is 14.3. The smallest absolute Gasteiger partial charge is 0.230 e. The molecule has 3 aliphatic carbocycles. The van der Waals surface area contributed by atoms with Crippen LogP contribution >= 0.6 is 23.7 Å². The number of rotatable bonds is 12. The summed E-state index contributed by atoms with van der Waals surface area (Å²) in [5, 5.41) is 4.42. The predicted octanol–water partition coefficient (Wildman–Crippen LogP) is 8.53. The molecule has 45 heavy (non-hydrogen) atoms. The van der Waals surface area contributed by atoms with Gasteiger partial charge in [-0.25, -0.2) is 4.98 Å². The highest BCUT2D eigenvalue weighted by Gasteiger charge is 2.33. The number of aryl methyl sites for hydroxylation is 1. The van der Waals surface area contributed by atoms with Crippen LogP contribution in [0, 0.1) is 18.8 Å². The molecule has 1 amide bonds. The summed E-state index contributed by atoms with van der Waals surface area (Å²) >= 11 is 1.82. The van der Waals surface area contributed by atoms with Crippen LogP contribution in [0.15, 0.2) is 48.7 Å². The van der Waals surface area contributed by atoms with Gasteiger partial charge in [-0.1, -0.05) is 24.3 Å². The number of methoxy groups -OCH3 is 1. The average molecular weight is 652 g/mol. The molecule has 1 heterocycles. The lowest BCUT2D eigenvalue weighted by atomic mass is 9.78. The molecule has 0 atom stereocenters. The molecular formula is C37H50ClN3O3S. The standard InChI is InChI=1S/C37H49N3O3S.ClH/c1-25-21-30(15-18-34(25)42-3)27-9-7-26(8-10-27)24-40(37(41)29-13-16-33(17-14-29)43-20-19-38-2)32-6-4-5-31(22-32)35-23-39-36(44-35)28-11-12-28;/h4-6,15,18,21-23,26-29,33,38H,7-14,16-17,19-20,24H2,1-3H3;1H. The topological polar surface area (TPSA) is 63.7 Å². The summed E-state index contributed by atoms with van der Waals surface area (Å²) in [5.41, 5.74) is 4.83. The summed E-state index contributed by atoms with van der Waals surface area (Å²) in [6.45, 7) is 4.53. The molecule has 0 unspecified atom stereocenters. The van der Waals surface area contributed by atoms with Crippen molar-refractivity contribution in [2.24, 2.45) is 11.8 Å². The number of anilines is 1. The highest BCUT2D eigenvalue weighted by molar-refractivity contribution is 7.15. The molecule has 0 radical (unpaired) electrons. The van der Waals surface area contributed by atoms with Crippen LogP contribution in [0.5, 0.6) is 5.75 Å². The maximum absolute atomic E-state index is 14.3. The summed E-state index contributed by atoms with van der Waals surface area (Å²) < 4.78 is 11.6. The fourth-order valence-electron chi connectivity index (χ4n) is 7.21. The molecule has 3 saturated carbocycles. The van der Waals surface area contributed by atoms with Gasteiger partial charge in [0, 0.05) is 36.8 Å². The number of thiazole rings is 1. The third-order valence-electron chi connectivity index (χ3n) is 10.1. The zero-order chi connectivity index (χ0) is 30.5. The Morgan fingerprint density at radius 2 is 1.73 bits per heavy atom. The number of likely N-dealkylation sites (N-methyl/N-ethyl adjacent to an activating group) is 1. The van der Waals surface area contributed by atoms with E-state index in [4.69, 9.17) is 14.5 Å². The van der Waals surface area contributed by atoms with Crippen molar-refractivity contribution >= 4 is 35.3 Å². The minimum Gasteiger partial charge on any atom is -0.496 e. The van der Waals surface area contributed by atoms with Gasteiger partial charge in [0.2, 0.25) is 5.91 Å². The molecule has 244 valence electrons.